The van der Waals surface area contributed by atoms with Gasteiger partial charge >= 0.3 is 0 Å². The number of amides is 1. The van der Waals surface area contributed by atoms with Crippen molar-refractivity contribution in [2.24, 2.45) is 0 Å². The third-order valence-electron chi connectivity index (χ3n) is 4.53. The molecule has 6 heteroatoms. The number of nitrogens with zero attached hydrogens (tertiary/aromatic N) is 4. The lowest BCUT2D eigenvalue weighted by Crippen LogP contribution is -2.48. The largest absolute Gasteiger partial charge is 0.382 e. The number of hydrogen-bond donors (Lipinski definition) is 1. The zero-order valence-corrected chi connectivity index (χ0v) is 12.4. The van der Waals surface area contributed by atoms with E-state index in [4.69, 9.17) is 5.73 Å². The molecule has 0 bridgehead atoms. The molecule has 0 atom stereocenters. The molecule has 114 valence electrons. The molecule has 0 radical (unpaired) electrons. The summed E-state index contributed by atoms with van der Waals surface area (Å²) < 4.78 is 0. The monoisotopic (exact) mass is 289 g/mol. The number of nitrogen functional groups attached to an aromatic ring is 1. The number of aromatic nitrogens is 2. The summed E-state index contributed by atoms with van der Waals surface area (Å²) in [7, 11) is 0. The quantitative estimate of drug-likeness (QED) is 0.884. The Balaban J connectivity index is 1.56. The van der Waals surface area contributed by atoms with E-state index in [1.807, 2.05) is 4.90 Å². The second-order valence-corrected chi connectivity index (χ2v) is 5.95. The number of anilines is 1. The zero-order valence-electron chi connectivity index (χ0n) is 12.4. The molecule has 0 aliphatic carbocycles. The molecule has 2 aliphatic heterocycles. The number of nitrogens with two attached hydrogens (primary N) is 1. The van der Waals surface area contributed by atoms with Gasteiger partial charge in [0.25, 0.3) is 5.91 Å². The molecule has 2 fully saturated rings. The molecule has 6 nitrogen and oxygen atoms in total. The Labute approximate surface area is 125 Å². The summed E-state index contributed by atoms with van der Waals surface area (Å²) >= 11 is 0. The lowest BCUT2D eigenvalue weighted by molar-refractivity contribution is 0.0584. The van der Waals surface area contributed by atoms with E-state index in [0.717, 1.165) is 25.9 Å². The van der Waals surface area contributed by atoms with Gasteiger partial charge in [-0.3, -0.25) is 9.78 Å². The molecule has 1 aromatic rings. The van der Waals surface area contributed by atoms with Crippen molar-refractivity contribution in [2.45, 2.75) is 38.1 Å². The van der Waals surface area contributed by atoms with Gasteiger partial charge in [0.2, 0.25) is 0 Å². The summed E-state index contributed by atoms with van der Waals surface area (Å²) in [6.07, 6.45) is 9.07. The first kappa shape index (κ1) is 14.3. The maximum atomic E-state index is 12.4. The van der Waals surface area contributed by atoms with Gasteiger partial charge in [-0.1, -0.05) is 6.42 Å². The summed E-state index contributed by atoms with van der Waals surface area (Å²) in [5, 5.41) is 0. The summed E-state index contributed by atoms with van der Waals surface area (Å²) in [6.45, 7) is 4.05. The highest BCUT2D eigenvalue weighted by molar-refractivity contribution is 5.92. The molecule has 0 spiro atoms. The van der Waals surface area contributed by atoms with E-state index in [0.29, 0.717) is 17.6 Å². The molecule has 1 aromatic heterocycles. The lowest BCUT2D eigenvalue weighted by Gasteiger charge is -2.40. The molecule has 2 N–H and O–H groups in total. The molecule has 1 amide bonds. The molecule has 3 rings (SSSR count). The van der Waals surface area contributed by atoms with E-state index in [-0.39, 0.29) is 5.91 Å². The minimum Gasteiger partial charge on any atom is -0.382 e. The molecule has 3 heterocycles. The summed E-state index contributed by atoms with van der Waals surface area (Å²) in [6, 6.07) is 0.640. The van der Waals surface area contributed by atoms with Crippen molar-refractivity contribution < 1.29 is 4.79 Å². The second-order valence-electron chi connectivity index (χ2n) is 5.95. The fourth-order valence-electron chi connectivity index (χ4n) is 3.36. The van der Waals surface area contributed by atoms with Crippen molar-refractivity contribution in [3.05, 3.63) is 18.1 Å². The molecule has 0 aromatic carbocycles. The van der Waals surface area contributed by atoms with Crippen molar-refractivity contribution in [1.82, 2.24) is 19.8 Å². The maximum absolute atomic E-state index is 12.4. The van der Waals surface area contributed by atoms with E-state index in [9.17, 15) is 4.79 Å². The first-order valence-electron chi connectivity index (χ1n) is 7.85. The lowest BCUT2D eigenvalue weighted by atomic mass is 10.00. The Hall–Kier alpha value is -1.69. The van der Waals surface area contributed by atoms with Crippen molar-refractivity contribution in [1.29, 1.82) is 0 Å². The first-order chi connectivity index (χ1) is 10.2. The number of likely N-dealkylation sites (tertiary alicyclic amines) is 2. The van der Waals surface area contributed by atoms with Crippen LogP contribution in [-0.2, 0) is 0 Å². The fraction of sp³-hybridized carbons (Fsp3) is 0.667. The zero-order chi connectivity index (χ0) is 14.7. The van der Waals surface area contributed by atoms with Crippen LogP contribution in [0.15, 0.2) is 12.4 Å². The van der Waals surface area contributed by atoms with Crippen LogP contribution in [-0.4, -0.2) is 57.9 Å². The minimum absolute atomic E-state index is 0.0492. The van der Waals surface area contributed by atoms with Crippen LogP contribution in [0.5, 0.6) is 0 Å². The highest BCUT2D eigenvalue weighted by Gasteiger charge is 2.28. The Morgan fingerprint density at radius 3 is 2.48 bits per heavy atom. The minimum atomic E-state index is -0.0492. The Morgan fingerprint density at radius 2 is 1.81 bits per heavy atom. The van der Waals surface area contributed by atoms with E-state index in [2.05, 4.69) is 14.9 Å². The van der Waals surface area contributed by atoms with E-state index in [1.54, 1.807) is 0 Å². The smallest absolute Gasteiger partial charge is 0.274 e. The number of carbonyl (C=O) groups excluding carboxylic acids is 1. The van der Waals surface area contributed by atoms with E-state index in [1.165, 1.54) is 44.7 Å². The van der Waals surface area contributed by atoms with Crippen molar-refractivity contribution in [3.8, 4) is 0 Å². The van der Waals surface area contributed by atoms with Gasteiger partial charge in [-0.05, 0) is 38.8 Å². The van der Waals surface area contributed by atoms with Crippen molar-refractivity contribution >= 4 is 11.7 Å². The van der Waals surface area contributed by atoms with Gasteiger partial charge in [-0.25, -0.2) is 4.98 Å². The van der Waals surface area contributed by atoms with Crippen LogP contribution < -0.4 is 5.73 Å². The van der Waals surface area contributed by atoms with Crippen molar-refractivity contribution in [2.75, 3.05) is 31.9 Å². The van der Waals surface area contributed by atoms with Gasteiger partial charge in [-0.15, -0.1) is 0 Å². The van der Waals surface area contributed by atoms with Gasteiger partial charge < -0.3 is 15.5 Å². The average molecular weight is 289 g/mol. The van der Waals surface area contributed by atoms with Gasteiger partial charge in [0.1, 0.15) is 11.5 Å². The van der Waals surface area contributed by atoms with E-state index < -0.39 is 0 Å². The highest BCUT2D eigenvalue weighted by atomic mass is 16.2. The second kappa shape index (κ2) is 6.39. The number of hydrogen-bond acceptors (Lipinski definition) is 5. The SMILES string of the molecule is Nc1cncc(C(=O)N2CCC(N3CCCCC3)CC2)n1. The Morgan fingerprint density at radius 1 is 1.10 bits per heavy atom. The third-order valence-corrected chi connectivity index (χ3v) is 4.53. The molecule has 0 unspecified atom stereocenters. The first-order valence-corrected chi connectivity index (χ1v) is 7.85. The van der Waals surface area contributed by atoms with Gasteiger partial charge in [0.15, 0.2) is 0 Å². The highest BCUT2D eigenvalue weighted by Crippen LogP contribution is 2.21. The third kappa shape index (κ3) is 3.32. The molecule has 21 heavy (non-hydrogen) atoms. The van der Waals surface area contributed by atoms with Crippen LogP contribution in [0.3, 0.4) is 0 Å². The van der Waals surface area contributed by atoms with Crippen LogP contribution in [0.25, 0.3) is 0 Å². The summed E-state index contributed by atoms with van der Waals surface area (Å²) in [4.78, 5) is 24.9. The van der Waals surface area contributed by atoms with Crippen molar-refractivity contribution in [3.63, 3.8) is 0 Å². The van der Waals surface area contributed by atoms with Crippen LogP contribution in [0, 0.1) is 0 Å². The maximum Gasteiger partial charge on any atom is 0.274 e. The van der Waals surface area contributed by atoms with Crippen LogP contribution in [0.1, 0.15) is 42.6 Å². The fourth-order valence-corrected chi connectivity index (χ4v) is 3.36. The molecule has 2 aliphatic rings. The summed E-state index contributed by atoms with van der Waals surface area (Å²) in [5.41, 5.74) is 5.95. The number of piperidine rings is 2. The topological polar surface area (TPSA) is 75.3 Å². The number of carbonyl (C=O) groups is 1. The molecule has 2 saturated heterocycles. The standard InChI is InChI=1S/C15H23N5O/c16-14-11-17-10-13(18-14)15(21)20-8-4-12(5-9-20)19-6-2-1-3-7-19/h10-12H,1-9H2,(H2,16,18). The van der Waals surface area contributed by atoms with Gasteiger partial charge in [-0.2, -0.15) is 0 Å². The summed E-state index contributed by atoms with van der Waals surface area (Å²) in [5.74, 6) is 0.246. The normalized spacial score (nSPS) is 21.4. The van der Waals surface area contributed by atoms with Crippen LogP contribution in [0.2, 0.25) is 0 Å². The predicted molar refractivity (Wildman–Crippen MR) is 80.8 cm³/mol. The van der Waals surface area contributed by atoms with Gasteiger partial charge in [0, 0.05) is 19.1 Å². The Kier molecular flexibility index (Phi) is 4.34. The van der Waals surface area contributed by atoms with E-state index >= 15 is 0 Å². The predicted octanol–water partition coefficient (Wildman–Crippen LogP) is 1.15. The average Bonchev–Trinajstić information content (AvgIpc) is 2.55. The Bertz CT molecular complexity index is 493. The van der Waals surface area contributed by atoms with Gasteiger partial charge in [0.05, 0.1) is 12.4 Å². The van der Waals surface area contributed by atoms with Crippen LogP contribution in [0.4, 0.5) is 5.82 Å². The van der Waals surface area contributed by atoms with Crippen LogP contribution >= 0.6 is 0 Å². The molecular formula is C15H23N5O. The molecule has 0 saturated carbocycles. The number of rotatable bonds is 2. The molecular weight excluding hydrogens is 266 g/mol.